The van der Waals surface area contributed by atoms with Crippen molar-refractivity contribution in [3.05, 3.63) is 35.4 Å². The molecule has 3 nitrogen and oxygen atoms in total. The zero-order valence-corrected chi connectivity index (χ0v) is 12.7. The highest BCUT2D eigenvalue weighted by atomic mass is 35.5. The normalized spacial score (nSPS) is 10.4. The number of alkyl halides is 1. The maximum Gasteiger partial charge on any atom is 0.227 e. The Morgan fingerprint density at radius 1 is 1.25 bits per heavy atom. The van der Waals surface area contributed by atoms with E-state index in [0.29, 0.717) is 5.56 Å². The lowest BCUT2D eigenvalue weighted by molar-refractivity contribution is -0.128. The standard InChI is InChI=1S/C16H18ClNO2/c1-12(19)14-8-6-13(7-9-14)5-4-10-18-15(20)16(2,3)11-17/h6-9H,10-11H2,1-3H3,(H,18,20). The third-order valence-corrected chi connectivity index (χ3v) is 3.48. The molecule has 0 aliphatic rings. The van der Waals surface area contributed by atoms with Gasteiger partial charge in [0.25, 0.3) is 0 Å². The van der Waals surface area contributed by atoms with E-state index in [9.17, 15) is 9.59 Å². The van der Waals surface area contributed by atoms with Crippen LogP contribution >= 0.6 is 11.6 Å². The van der Waals surface area contributed by atoms with Gasteiger partial charge in [-0.05, 0) is 32.9 Å². The maximum absolute atomic E-state index is 11.7. The van der Waals surface area contributed by atoms with Crippen molar-refractivity contribution in [3.63, 3.8) is 0 Å². The summed E-state index contributed by atoms with van der Waals surface area (Å²) in [6, 6.07) is 7.05. The Balaban J connectivity index is 2.55. The lowest BCUT2D eigenvalue weighted by atomic mass is 9.95. The van der Waals surface area contributed by atoms with Gasteiger partial charge < -0.3 is 5.32 Å². The summed E-state index contributed by atoms with van der Waals surface area (Å²) in [5.74, 6) is 5.97. The molecule has 0 aromatic heterocycles. The summed E-state index contributed by atoms with van der Waals surface area (Å²) in [6.45, 7) is 5.36. The third-order valence-electron chi connectivity index (χ3n) is 2.81. The van der Waals surface area contributed by atoms with Crippen molar-refractivity contribution in [1.82, 2.24) is 5.32 Å². The van der Waals surface area contributed by atoms with Crippen LogP contribution in [0.15, 0.2) is 24.3 Å². The number of hydrogen-bond acceptors (Lipinski definition) is 2. The van der Waals surface area contributed by atoms with Gasteiger partial charge in [-0.3, -0.25) is 9.59 Å². The monoisotopic (exact) mass is 291 g/mol. The molecule has 1 aromatic rings. The Bertz CT molecular complexity index is 550. The number of benzene rings is 1. The van der Waals surface area contributed by atoms with Crippen LogP contribution in [-0.4, -0.2) is 24.1 Å². The van der Waals surface area contributed by atoms with Crippen LogP contribution in [-0.2, 0) is 4.79 Å². The number of nitrogens with one attached hydrogen (secondary N) is 1. The number of rotatable bonds is 4. The molecule has 106 valence electrons. The van der Waals surface area contributed by atoms with Gasteiger partial charge in [-0.15, -0.1) is 11.6 Å². The fourth-order valence-corrected chi connectivity index (χ4v) is 1.48. The molecule has 4 heteroatoms. The minimum atomic E-state index is -0.591. The van der Waals surface area contributed by atoms with E-state index in [1.54, 1.807) is 38.1 Å². The Hall–Kier alpha value is -1.79. The van der Waals surface area contributed by atoms with E-state index < -0.39 is 5.41 Å². The molecule has 0 aliphatic carbocycles. The van der Waals surface area contributed by atoms with Crippen LogP contribution in [0.4, 0.5) is 0 Å². The first-order valence-electron chi connectivity index (χ1n) is 6.31. The fraction of sp³-hybridized carbons (Fsp3) is 0.375. The molecule has 0 unspecified atom stereocenters. The zero-order chi connectivity index (χ0) is 15.2. The predicted molar refractivity (Wildman–Crippen MR) is 80.8 cm³/mol. The molecular formula is C16H18ClNO2. The van der Waals surface area contributed by atoms with Gasteiger partial charge in [0.2, 0.25) is 5.91 Å². The number of Topliss-reactive ketones (excluding diaryl/α,β-unsaturated/α-hetero) is 1. The summed E-state index contributed by atoms with van der Waals surface area (Å²) >= 11 is 5.71. The van der Waals surface area contributed by atoms with Crippen LogP contribution in [0.1, 0.15) is 36.7 Å². The van der Waals surface area contributed by atoms with Crippen LogP contribution in [0, 0.1) is 17.3 Å². The topological polar surface area (TPSA) is 46.2 Å². The first-order valence-corrected chi connectivity index (χ1v) is 6.84. The number of ketones is 1. The minimum Gasteiger partial charge on any atom is -0.345 e. The predicted octanol–water partition coefficient (Wildman–Crippen LogP) is 2.62. The van der Waals surface area contributed by atoms with Gasteiger partial charge in [-0.25, -0.2) is 0 Å². The van der Waals surface area contributed by atoms with E-state index in [1.807, 2.05) is 0 Å². The Morgan fingerprint density at radius 3 is 2.35 bits per heavy atom. The molecule has 0 spiro atoms. The van der Waals surface area contributed by atoms with Gasteiger partial charge in [-0.2, -0.15) is 0 Å². The molecule has 0 fully saturated rings. The molecule has 1 aromatic carbocycles. The van der Waals surface area contributed by atoms with Crippen LogP contribution in [0.2, 0.25) is 0 Å². The van der Waals surface area contributed by atoms with Gasteiger partial charge in [0.1, 0.15) is 0 Å². The van der Waals surface area contributed by atoms with E-state index in [-0.39, 0.29) is 24.1 Å². The van der Waals surface area contributed by atoms with Crippen LogP contribution in [0.3, 0.4) is 0 Å². The molecule has 1 rings (SSSR count). The summed E-state index contributed by atoms with van der Waals surface area (Å²) in [4.78, 5) is 22.8. The summed E-state index contributed by atoms with van der Waals surface area (Å²) in [5.41, 5.74) is 0.875. The lowest BCUT2D eigenvalue weighted by Gasteiger charge is -2.19. The number of amides is 1. The molecule has 0 bridgehead atoms. The maximum atomic E-state index is 11.7. The summed E-state index contributed by atoms with van der Waals surface area (Å²) < 4.78 is 0. The van der Waals surface area contributed by atoms with Crippen molar-refractivity contribution in [1.29, 1.82) is 0 Å². The average molecular weight is 292 g/mol. The molecule has 0 heterocycles. The molecule has 0 saturated carbocycles. The molecule has 1 N–H and O–H groups in total. The van der Waals surface area contributed by atoms with E-state index in [0.717, 1.165) is 5.56 Å². The number of halogens is 1. The molecule has 0 radical (unpaired) electrons. The number of carbonyl (C=O) groups is 2. The second-order valence-electron chi connectivity index (χ2n) is 5.14. The second kappa shape index (κ2) is 7.12. The minimum absolute atomic E-state index is 0.0279. The highest BCUT2D eigenvalue weighted by Gasteiger charge is 2.25. The van der Waals surface area contributed by atoms with E-state index in [2.05, 4.69) is 17.2 Å². The van der Waals surface area contributed by atoms with E-state index in [1.165, 1.54) is 6.92 Å². The first kappa shape index (κ1) is 16.3. The van der Waals surface area contributed by atoms with Crippen LogP contribution in [0.5, 0.6) is 0 Å². The van der Waals surface area contributed by atoms with Gasteiger partial charge in [0.15, 0.2) is 5.78 Å². The van der Waals surface area contributed by atoms with Gasteiger partial charge >= 0.3 is 0 Å². The molecule has 0 aliphatic heterocycles. The van der Waals surface area contributed by atoms with Gasteiger partial charge in [0, 0.05) is 17.0 Å². The average Bonchev–Trinajstić information content (AvgIpc) is 2.43. The van der Waals surface area contributed by atoms with Crippen LogP contribution in [0.25, 0.3) is 0 Å². The first-order chi connectivity index (χ1) is 9.36. The zero-order valence-electron chi connectivity index (χ0n) is 11.9. The Labute approximate surface area is 124 Å². The fourth-order valence-electron chi connectivity index (χ4n) is 1.36. The third kappa shape index (κ3) is 4.71. The van der Waals surface area contributed by atoms with Crippen molar-refractivity contribution in [2.45, 2.75) is 20.8 Å². The Kier molecular flexibility index (Phi) is 5.79. The summed E-state index contributed by atoms with van der Waals surface area (Å²) in [7, 11) is 0. The molecule has 0 saturated heterocycles. The SMILES string of the molecule is CC(=O)c1ccc(C#CCNC(=O)C(C)(C)CCl)cc1. The van der Waals surface area contributed by atoms with Crippen molar-refractivity contribution < 1.29 is 9.59 Å². The molecule has 1 amide bonds. The lowest BCUT2D eigenvalue weighted by Crippen LogP contribution is -2.38. The largest absolute Gasteiger partial charge is 0.345 e. The number of hydrogen-bond donors (Lipinski definition) is 1. The smallest absolute Gasteiger partial charge is 0.227 e. The quantitative estimate of drug-likeness (QED) is 0.526. The van der Waals surface area contributed by atoms with Crippen LogP contribution < -0.4 is 5.32 Å². The summed E-state index contributed by atoms with van der Waals surface area (Å²) in [5, 5.41) is 2.72. The highest BCUT2D eigenvalue weighted by molar-refractivity contribution is 6.19. The van der Waals surface area contributed by atoms with Crippen molar-refractivity contribution in [2.24, 2.45) is 5.41 Å². The molecular weight excluding hydrogens is 274 g/mol. The molecule has 20 heavy (non-hydrogen) atoms. The van der Waals surface area contributed by atoms with Crippen molar-refractivity contribution in [3.8, 4) is 11.8 Å². The number of carbonyl (C=O) groups excluding carboxylic acids is 2. The van der Waals surface area contributed by atoms with E-state index in [4.69, 9.17) is 11.6 Å². The Morgan fingerprint density at radius 2 is 1.85 bits per heavy atom. The highest BCUT2D eigenvalue weighted by Crippen LogP contribution is 2.16. The summed E-state index contributed by atoms with van der Waals surface area (Å²) in [6.07, 6.45) is 0. The van der Waals surface area contributed by atoms with Gasteiger partial charge in [0.05, 0.1) is 12.0 Å². The van der Waals surface area contributed by atoms with Crippen molar-refractivity contribution >= 4 is 23.3 Å². The van der Waals surface area contributed by atoms with Crippen molar-refractivity contribution in [2.75, 3.05) is 12.4 Å². The second-order valence-corrected chi connectivity index (χ2v) is 5.40. The van der Waals surface area contributed by atoms with Gasteiger partial charge in [-0.1, -0.05) is 24.0 Å². The molecule has 0 atom stereocenters. The van der Waals surface area contributed by atoms with E-state index >= 15 is 0 Å².